The fourth-order valence-electron chi connectivity index (χ4n) is 4.11. The summed E-state index contributed by atoms with van der Waals surface area (Å²) in [6, 6.07) is 6.57. The van der Waals surface area contributed by atoms with Gasteiger partial charge in [0.25, 0.3) is 5.91 Å². The standard InChI is InChI=1S/C23H28FN5O/c1-15(2)29-14-17(12-25-29)21-11-20(19-7-6-18(24)10-22(19)26-21)23(30)28-9-5-8-27(4)13-16(28)3/h6-7,10-12,14-16H,5,8-9,13H2,1-4H3/t16-/m0/s1. The van der Waals surface area contributed by atoms with E-state index < -0.39 is 0 Å². The van der Waals surface area contributed by atoms with Crippen molar-refractivity contribution in [1.82, 2.24) is 24.6 Å². The van der Waals surface area contributed by atoms with Gasteiger partial charge in [-0.1, -0.05) is 0 Å². The summed E-state index contributed by atoms with van der Waals surface area (Å²) in [6.07, 6.45) is 4.58. The Hall–Kier alpha value is -2.80. The van der Waals surface area contributed by atoms with Crippen molar-refractivity contribution >= 4 is 16.8 Å². The largest absolute Gasteiger partial charge is 0.335 e. The molecule has 1 amide bonds. The molecule has 7 heteroatoms. The van der Waals surface area contributed by atoms with Gasteiger partial charge in [-0.2, -0.15) is 5.10 Å². The van der Waals surface area contributed by atoms with Gasteiger partial charge in [-0.3, -0.25) is 9.48 Å². The van der Waals surface area contributed by atoms with Gasteiger partial charge >= 0.3 is 0 Å². The number of benzene rings is 1. The van der Waals surface area contributed by atoms with Crippen LogP contribution >= 0.6 is 0 Å². The lowest BCUT2D eigenvalue weighted by atomic mass is 10.0. The summed E-state index contributed by atoms with van der Waals surface area (Å²) in [7, 11) is 2.08. The molecular formula is C23H28FN5O. The van der Waals surface area contributed by atoms with Crippen molar-refractivity contribution in [3.8, 4) is 11.3 Å². The highest BCUT2D eigenvalue weighted by molar-refractivity contribution is 6.07. The van der Waals surface area contributed by atoms with Crippen molar-refractivity contribution in [1.29, 1.82) is 0 Å². The Morgan fingerprint density at radius 2 is 2.03 bits per heavy atom. The van der Waals surface area contributed by atoms with Crippen molar-refractivity contribution in [2.75, 3.05) is 26.7 Å². The molecular weight excluding hydrogens is 381 g/mol. The number of fused-ring (bicyclic) bond motifs is 1. The number of amides is 1. The van der Waals surface area contributed by atoms with E-state index in [4.69, 9.17) is 0 Å². The molecule has 3 heterocycles. The zero-order valence-electron chi connectivity index (χ0n) is 18.0. The highest BCUT2D eigenvalue weighted by Crippen LogP contribution is 2.28. The Bertz CT molecular complexity index is 1080. The lowest BCUT2D eigenvalue weighted by molar-refractivity contribution is 0.0698. The van der Waals surface area contributed by atoms with Crippen LogP contribution in [0.25, 0.3) is 22.2 Å². The normalized spacial score (nSPS) is 18.2. The van der Waals surface area contributed by atoms with Crippen molar-refractivity contribution in [2.45, 2.75) is 39.3 Å². The maximum Gasteiger partial charge on any atom is 0.254 e. The average molecular weight is 410 g/mol. The zero-order valence-corrected chi connectivity index (χ0v) is 18.0. The van der Waals surface area contributed by atoms with Crippen LogP contribution in [0.2, 0.25) is 0 Å². The zero-order chi connectivity index (χ0) is 21.4. The summed E-state index contributed by atoms with van der Waals surface area (Å²) in [5.74, 6) is -0.400. The first-order valence-electron chi connectivity index (χ1n) is 10.5. The first-order valence-corrected chi connectivity index (χ1v) is 10.5. The van der Waals surface area contributed by atoms with E-state index in [2.05, 4.69) is 29.0 Å². The van der Waals surface area contributed by atoms with E-state index in [-0.39, 0.29) is 23.8 Å². The van der Waals surface area contributed by atoms with Crippen LogP contribution in [-0.4, -0.2) is 63.2 Å². The molecule has 30 heavy (non-hydrogen) atoms. The highest BCUT2D eigenvalue weighted by Gasteiger charge is 2.27. The van der Waals surface area contributed by atoms with Gasteiger partial charge in [0.1, 0.15) is 5.82 Å². The number of rotatable bonds is 3. The minimum absolute atomic E-state index is 0.0330. The fourth-order valence-corrected chi connectivity index (χ4v) is 4.11. The first kappa shape index (κ1) is 20.5. The van der Waals surface area contributed by atoms with Crippen LogP contribution in [0.3, 0.4) is 0 Å². The van der Waals surface area contributed by atoms with Gasteiger partial charge in [-0.15, -0.1) is 0 Å². The Morgan fingerprint density at radius 1 is 1.23 bits per heavy atom. The average Bonchev–Trinajstić information content (AvgIpc) is 3.13. The number of aromatic nitrogens is 3. The van der Waals surface area contributed by atoms with E-state index >= 15 is 0 Å². The molecule has 1 aliphatic heterocycles. The second-order valence-electron chi connectivity index (χ2n) is 8.48. The Kier molecular flexibility index (Phi) is 5.56. The first-order chi connectivity index (χ1) is 14.3. The van der Waals surface area contributed by atoms with Gasteiger partial charge in [0.15, 0.2) is 0 Å². The highest BCUT2D eigenvalue weighted by atomic mass is 19.1. The number of carbonyl (C=O) groups is 1. The number of hydrogen-bond acceptors (Lipinski definition) is 4. The van der Waals surface area contributed by atoms with E-state index in [9.17, 15) is 9.18 Å². The van der Waals surface area contributed by atoms with Crippen LogP contribution in [0.5, 0.6) is 0 Å². The summed E-state index contributed by atoms with van der Waals surface area (Å²) in [4.78, 5) is 22.5. The molecule has 0 spiro atoms. The number of likely N-dealkylation sites (N-methyl/N-ethyl adjacent to an activating group) is 1. The predicted molar refractivity (Wildman–Crippen MR) is 116 cm³/mol. The van der Waals surface area contributed by atoms with Crippen molar-refractivity contribution < 1.29 is 9.18 Å². The van der Waals surface area contributed by atoms with E-state index in [0.717, 1.165) is 25.1 Å². The van der Waals surface area contributed by atoms with E-state index in [1.54, 1.807) is 12.3 Å². The van der Waals surface area contributed by atoms with Crippen LogP contribution in [0, 0.1) is 5.82 Å². The molecule has 1 aromatic carbocycles. The molecule has 4 rings (SSSR count). The van der Waals surface area contributed by atoms with E-state index in [1.165, 1.54) is 12.1 Å². The molecule has 0 aliphatic carbocycles. The topological polar surface area (TPSA) is 54.3 Å². The molecule has 158 valence electrons. The summed E-state index contributed by atoms with van der Waals surface area (Å²) in [5.41, 5.74) is 2.48. The van der Waals surface area contributed by atoms with E-state index in [1.807, 2.05) is 35.7 Å². The molecule has 0 N–H and O–H groups in total. The molecule has 0 radical (unpaired) electrons. The lowest BCUT2D eigenvalue weighted by Gasteiger charge is -2.28. The Morgan fingerprint density at radius 3 is 2.77 bits per heavy atom. The molecule has 6 nitrogen and oxygen atoms in total. The third-order valence-corrected chi connectivity index (χ3v) is 5.74. The van der Waals surface area contributed by atoms with Gasteiger partial charge in [0.2, 0.25) is 0 Å². The number of carbonyl (C=O) groups excluding carboxylic acids is 1. The van der Waals surface area contributed by atoms with Gasteiger partial charge in [0.05, 0.1) is 23.0 Å². The second-order valence-corrected chi connectivity index (χ2v) is 8.48. The lowest BCUT2D eigenvalue weighted by Crippen LogP contribution is -2.42. The van der Waals surface area contributed by atoms with Crippen molar-refractivity contribution in [2.24, 2.45) is 0 Å². The second kappa shape index (κ2) is 8.14. The van der Waals surface area contributed by atoms with Crippen LogP contribution < -0.4 is 0 Å². The summed E-state index contributed by atoms with van der Waals surface area (Å²) in [5, 5.41) is 5.06. The van der Waals surface area contributed by atoms with Crippen LogP contribution in [0.1, 0.15) is 43.6 Å². The SMILES string of the molecule is CC(C)n1cc(-c2cc(C(=O)N3CCCN(C)C[C@@H]3C)c3ccc(F)cc3n2)cn1. The molecule has 1 atom stereocenters. The van der Waals surface area contributed by atoms with Gasteiger partial charge < -0.3 is 9.80 Å². The van der Waals surface area contributed by atoms with Crippen LogP contribution in [0.4, 0.5) is 4.39 Å². The summed E-state index contributed by atoms with van der Waals surface area (Å²) < 4.78 is 15.8. The molecule has 1 fully saturated rings. The molecule has 0 bridgehead atoms. The number of nitrogens with zero attached hydrogens (tertiary/aromatic N) is 5. The van der Waals surface area contributed by atoms with Gasteiger partial charge in [-0.25, -0.2) is 9.37 Å². The van der Waals surface area contributed by atoms with Gasteiger partial charge in [0, 0.05) is 48.4 Å². The smallest absolute Gasteiger partial charge is 0.254 e. The summed E-state index contributed by atoms with van der Waals surface area (Å²) >= 11 is 0. The minimum atomic E-state index is -0.367. The maximum absolute atomic E-state index is 14.0. The Labute approximate surface area is 176 Å². The molecule has 1 aliphatic rings. The maximum atomic E-state index is 14.0. The molecule has 2 aromatic heterocycles. The molecule has 1 saturated heterocycles. The quantitative estimate of drug-likeness (QED) is 0.657. The van der Waals surface area contributed by atoms with Crippen molar-refractivity contribution in [3.63, 3.8) is 0 Å². The van der Waals surface area contributed by atoms with Crippen LogP contribution in [-0.2, 0) is 0 Å². The van der Waals surface area contributed by atoms with E-state index in [0.29, 0.717) is 28.7 Å². The number of halogens is 1. The Balaban J connectivity index is 1.82. The molecule has 0 saturated carbocycles. The summed E-state index contributed by atoms with van der Waals surface area (Å²) in [6.45, 7) is 8.68. The van der Waals surface area contributed by atoms with Crippen LogP contribution in [0.15, 0.2) is 36.7 Å². The third kappa shape index (κ3) is 3.94. The monoisotopic (exact) mass is 409 g/mol. The number of hydrogen-bond donors (Lipinski definition) is 0. The number of pyridine rings is 1. The predicted octanol–water partition coefficient (Wildman–Crippen LogP) is 3.98. The fraction of sp³-hybridized carbons (Fsp3) is 0.435. The molecule has 0 unspecified atom stereocenters. The van der Waals surface area contributed by atoms with Crippen molar-refractivity contribution in [3.05, 3.63) is 48.0 Å². The van der Waals surface area contributed by atoms with Gasteiger partial charge in [-0.05, 0) is 59.0 Å². The third-order valence-electron chi connectivity index (χ3n) is 5.74. The minimum Gasteiger partial charge on any atom is -0.335 e. The molecule has 3 aromatic rings.